The Labute approximate surface area is 252 Å². The highest BCUT2D eigenvalue weighted by molar-refractivity contribution is 7.87. The van der Waals surface area contributed by atoms with Gasteiger partial charge in [-0.1, -0.05) is 68.6 Å². The number of Topliss-reactive ketones (excluding diaryl/α,β-unsaturated/α-hetero) is 2. The Kier molecular flexibility index (Phi) is 7.49. The van der Waals surface area contributed by atoms with Gasteiger partial charge in [0, 0.05) is 47.8 Å². The first-order valence-electron chi connectivity index (χ1n) is 13.8. The van der Waals surface area contributed by atoms with Crippen molar-refractivity contribution >= 4 is 44.9 Å². The molecule has 6 nitrogen and oxygen atoms in total. The third kappa shape index (κ3) is 5.49. The van der Waals surface area contributed by atoms with Crippen LogP contribution < -0.4 is 4.18 Å². The number of allylic oxidation sites excluding steroid dienone is 4. The number of aryl methyl sites for hydroxylation is 1. The molecular formula is C32H35Cl2NO5S. The topological polar surface area (TPSA) is 80.8 Å². The first kappa shape index (κ1) is 29.9. The molecule has 9 heteroatoms. The molecule has 0 unspecified atom stereocenters. The molecular weight excluding hydrogens is 581 g/mol. The molecule has 0 saturated heterocycles. The Bertz CT molecular complexity index is 1560. The molecule has 41 heavy (non-hydrogen) atoms. The van der Waals surface area contributed by atoms with E-state index < -0.39 is 16.0 Å². The zero-order valence-electron chi connectivity index (χ0n) is 24.2. The van der Waals surface area contributed by atoms with Crippen molar-refractivity contribution in [2.75, 3.05) is 6.54 Å². The van der Waals surface area contributed by atoms with Crippen molar-refractivity contribution in [3.63, 3.8) is 0 Å². The first-order chi connectivity index (χ1) is 19.0. The van der Waals surface area contributed by atoms with Gasteiger partial charge in [-0.25, -0.2) is 0 Å². The molecule has 0 atom stereocenters. The molecule has 0 amide bonds. The number of benzene rings is 2. The maximum absolute atomic E-state index is 13.8. The second-order valence-electron chi connectivity index (χ2n) is 12.9. The fraction of sp³-hybridized carbons (Fsp3) is 0.438. The Morgan fingerprint density at radius 3 is 1.76 bits per heavy atom. The zero-order chi connectivity index (χ0) is 30.1. The second-order valence-corrected chi connectivity index (χ2v) is 15.3. The van der Waals surface area contributed by atoms with Gasteiger partial charge in [-0.2, -0.15) is 8.42 Å². The smallest absolute Gasteiger partial charge is 0.339 e. The van der Waals surface area contributed by atoms with Crippen LogP contribution >= 0.6 is 23.2 Å². The molecule has 1 aliphatic heterocycles. The van der Waals surface area contributed by atoms with Gasteiger partial charge in [0.1, 0.15) is 4.90 Å². The van der Waals surface area contributed by atoms with E-state index in [9.17, 15) is 18.0 Å². The van der Waals surface area contributed by atoms with Gasteiger partial charge in [-0.3, -0.25) is 9.59 Å². The number of ketones is 2. The van der Waals surface area contributed by atoms with Crippen molar-refractivity contribution in [1.82, 2.24) is 4.90 Å². The Balaban J connectivity index is 1.66. The molecule has 3 aliphatic rings. The van der Waals surface area contributed by atoms with E-state index in [4.69, 9.17) is 27.4 Å². The summed E-state index contributed by atoms with van der Waals surface area (Å²) in [4.78, 5) is 29.8. The van der Waals surface area contributed by atoms with Crippen LogP contribution in [0.3, 0.4) is 0 Å². The predicted octanol–water partition coefficient (Wildman–Crippen LogP) is 7.78. The number of nitrogens with zero attached hydrogens (tertiary/aromatic N) is 1. The molecule has 0 bridgehead atoms. The summed E-state index contributed by atoms with van der Waals surface area (Å²) in [6.45, 7) is 12.9. The predicted molar refractivity (Wildman–Crippen MR) is 161 cm³/mol. The standard InChI is InChI=1S/C32H35Cl2NO5S/c1-7-35-23-14-31(3,4)16-25(36)28(23)27(29-24(35)15-32(5,6)17-26(29)37)19-12-21(33)30(22(34)13-19)40-41(38,39)20-10-8-18(2)9-11-20/h8-13,27H,7,14-17H2,1-6H3. The minimum absolute atomic E-state index is 0.00148. The molecule has 218 valence electrons. The molecule has 5 rings (SSSR count). The number of halogens is 2. The Morgan fingerprint density at radius 2 is 1.32 bits per heavy atom. The molecule has 0 fully saturated rings. The van der Waals surface area contributed by atoms with Crippen molar-refractivity contribution in [3.05, 3.63) is 80.1 Å². The third-order valence-corrected chi connectivity index (χ3v) is 9.99. The lowest BCUT2D eigenvalue weighted by Gasteiger charge is -2.49. The molecule has 0 aromatic heterocycles. The summed E-state index contributed by atoms with van der Waals surface area (Å²) in [7, 11) is -4.21. The van der Waals surface area contributed by atoms with Crippen LogP contribution in [0.5, 0.6) is 5.75 Å². The van der Waals surface area contributed by atoms with Gasteiger partial charge in [0.2, 0.25) is 0 Å². The largest absolute Gasteiger partial charge is 0.376 e. The van der Waals surface area contributed by atoms with Crippen LogP contribution in [-0.2, 0) is 19.7 Å². The second kappa shape index (κ2) is 10.3. The summed E-state index contributed by atoms with van der Waals surface area (Å²) in [5.41, 5.74) is 4.11. The van der Waals surface area contributed by atoms with E-state index in [1.165, 1.54) is 12.1 Å². The van der Waals surface area contributed by atoms with Crippen molar-refractivity contribution in [1.29, 1.82) is 0 Å². The van der Waals surface area contributed by atoms with Gasteiger partial charge in [0.05, 0.1) is 10.0 Å². The molecule has 0 spiro atoms. The third-order valence-electron chi connectivity index (χ3n) is 8.19. The maximum atomic E-state index is 13.8. The first-order valence-corrected chi connectivity index (χ1v) is 16.0. The van der Waals surface area contributed by atoms with E-state index in [1.807, 2.05) is 13.8 Å². The number of carbonyl (C=O) groups excluding carboxylic acids is 2. The van der Waals surface area contributed by atoms with Crippen LogP contribution in [0.15, 0.2) is 63.8 Å². The summed E-state index contributed by atoms with van der Waals surface area (Å²) < 4.78 is 31.4. The quantitative estimate of drug-likeness (QED) is 0.319. The van der Waals surface area contributed by atoms with E-state index in [1.54, 1.807) is 24.3 Å². The lowest BCUT2D eigenvalue weighted by Crippen LogP contribution is -2.44. The number of carbonyl (C=O) groups is 2. The normalized spacial score (nSPS) is 20.7. The van der Waals surface area contributed by atoms with E-state index in [0.717, 1.165) is 17.0 Å². The molecule has 2 aromatic rings. The highest BCUT2D eigenvalue weighted by Gasteiger charge is 2.48. The number of hydrogen-bond acceptors (Lipinski definition) is 6. The number of hydrogen-bond donors (Lipinski definition) is 0. The SMILES string of the molecule is CCN1C2=C(C(=O)CC(C)(C)C2)C(c2cc(Cl)c(OS(=O)(=O)c3ccc(C)cc3)c(Cl)c2)C2=C1CC(C)(C)CC2=O. The van der Waals surface area contributed by atoms with Crippen LogP contribution in [0.25, 0.3) is 0 Å². The molecule has 2 aliphatic carbocycles. The van der Waals surface area contributed by atoms with Crippen LogP contribution in [0.2, 0.25) is 10.0 Å². The molecule has 1 heterocycles. The van der Waals surface area contributed by atoms with Gasteiger partial charge in [0.15, 0.2) is 17.3 Å². The van der Waals surface area contributed by atoms with Crippen molar-refractivity contribution in [3.8, 4) is 5.75 Å². The van der Waals surface area contributed by atoms with E-state index in [2.05, 4.69) is 32.6 Å². The van der Waals surface area contributed by atoms with Crippen molar-refractivity contribution < 1.29 is 22.2 Å². The van der Waals surface area contributed by atoms with Crippen molar-refractivity contribution in [2.24, 2.45) is 10.8 Å². The highest BCUT2D eigenvalue weighted by atomic mass is 35.5. The van der Waals surface area contributed by atoms with Crippen molar-refractivity contribution in [2.45, 2.75) is 78.0 Å². The fourth-order valence-corrected chi connectivity index (χ4v) is 8.09. The maximum Gasteiger partial charge on any atom is 0.339 e. The fourth-order valence-electron chi connectivity index (χ4n) is 6.45. The Morgan fingerprint density at radius 1 is 0.854 bits per heavy atom. The summed E-state index contributed by atoms with van der Waals surface area (Å²) in [6, 6.07) is 9.41. The average Bonchev–Trinajstić information content (AvgIpc) is 2.84. The van der Waals surface area contributed by atoms with E-state index in [0.29, 0.717) is 48.9 Å². The zero-order valence-corrected chi connectivity index (χ0v) is 26.6. The van der Waals surface area contributed by atoms with Crippen LogP contribution in [0.4, 0.5) is 0 Å². The molecule has 2 aromatic carbocycles. The average molecular weight is 617 g/mol. The van der Waals surface area contributed by atoms with Gasteiger partial charge < -0.3 is 9.08 Å². The summed E-state index contributed by atoms with van der Waals surface area (Å²) in [5, 5.41) is -0.0323. The molecule has 0 N–H and O–H groups in total. The number of rotatable bonds is 5. The van der Waals surface area contributed by atoms with Crippen LogP contribution in [0.1, 0.15) is 77.3 Å². The van der Waals surface area contributed by atoms with Crippen LogP contribution in [0, 0.1) is 17.8 Å². The van der Waals surface area contributed by atoms with Crippen LogP contribution in [-0.4, -0.2) is 31.4 Å². The summed E-state index contributed by atoms with van der Waals surface area (Å²) in [5.74, 6) is -0.844. The summed E-state index contributed by atoms with van der Waals surface area (Å²) in [6.07, 6.45) is 2.11. The van der Waals surface area contributed by atoms with Gasteiger partial charge in [0.25, 0.3) is 0 Å². The molecule has 0 saturated carbocycles. The molecule has 0 radical (unpaired) electrons. The van der Waals surface area contributed by atoms with E-state index >= 15 is 0 Å². The highest BCUT2D eigenvalue weighted by Crippen LogP contribution is 2.55. The monoisotopic (exact) mass is 615 g/mol. The summed E-state index contributed by atoms with van der Waals surface area (Å²) >= 11 is 13.3. The lowest BCUT2D eigenvalue weighted by molar-refractivity contribution is -0.119. The van der Waals surface area contributed by atoms with E-state index in [-0.39, 0.29) is 43.1 Å². The van der Waals surface area contributed by atoms with Gasteiger partial charge in [-0.05, 0) is 67.3 Å². The Hall–Kier alpha value is -2.61. The minimum atomic E-state index is -4.21. The van der Waals surface area contributed by atoms with Gasteiger partial charge in [-0.15, -0.1) is 0 Å². The minimum Gasteiger partial charge on any atom is -0.376 e. The lowest BCUT2D eigenvalue weighted by atomic mass is 9.63. The van der Waals surface area contributed by atoms with Gasteiger partial charge >= 0.3 is 10.1 Å².